The number of nitrogens with one attached hydrogen (secondary N) is 1. The second-order valence-electron chi connectivity index (χ2n) is 6.76. The zero-order valence-electron chi connectivity index (χ0n) is 15.3. The maximum absolute atomic E-state index is 6.04. The van der Waals surface area contributed by atoms with Crippen LogP contribution in [-0.4, -0.2) is 29.9 Å². The van der Waals surface area contributed by atoms with E-state index in [1.807, 2.05) is 36.2 Å². The van der Waals surface area contributed by atoms with Crippen LogP contribution in [0.3, 0.4) is 0 Å². The fourth-order valence-corrected chi connectivity index (χ4v) is 2.48. The number of oxazole rings is 1. The number of aromatic nitrogens is 1. The Hall–Kier alpha value is -1.28. The van der Waals surface area contributed by atoms with E-state index in [-0.39, 0.29) is 29.4 Å². The average Bonchev–Trinajstić information content (AvgIpc) is 2.97. The Morgan fingerprint density at radius 3 is 2.64 bits per heavy atom. The van der Waals surface area contributed by atoms with Crippen molar-refractivity contribution in [2.75, 3.05) is 14.1 Å². The molecule has 1 N–H and O–H groups in total. The molecule has 1 heterocycles. The van der Waals surface area contributed by atoms with Gasteiger partial charge in [0.05, 0.1) is 12.7 Å². The number of hydrogen-bond acceptors (Lipinski definition) is 3. The highest BCUT2D eigenvalue weighted by atomic mass is 127. The highest BCUT2D eigenvalue weighted by Crippen LogP contribution is 2.22. The highest BCUT2D eigenvalue weighted by molar-refractivity contribution is 14.0. The first kappa shape index (κ1) is 21.8. The normalized spacial score (nSPS) is 11.8. The van der Waals surface area contributed by atoms with E-state index in [0.717, 1.165) is 22.3 Å². The molecule has 0 unspecified atom stereocenters. The largest absolute Gasteiger partial charge is 0.443 e. The maximum atomic E-state index is 6.04. The van der Waals surface area contributed by atoms with Crippen LogP contribution in [0.1, 0.15) is 38.0 Å². The topological polar surface area (TPSA) is 53.7 Å². The van der Waals surface area contributed by atoms with E-state index in [9.17, 15) is 0 Å². The summed E-state index contributed by atoms with van der Waals surface area (Å²) < 4.78 is 5.79. The summed E-state index contributed by atoms with van der Waals surface area (Å²) >= 11 is 6.04. The first-order valence-electron chi connectivity index (χ1n) is 7.91. The third-order valence-electron chi connectivity index (χ3n) is 3.57. The fourth-order valence-electron chi connectivity index (χ4n) is 2.26. The van der Waals surface area contributed by atoms with Crippen LogP contribution >= 0.6 is 35.6 Å². The standard InChI is InChI=1S/C18H25ClN4O.HI/c1-18(2,3)15-10-21-16(24-15)11-22-17(20-4)23(5)12-13-7-6-8-14(19)9-13;/h6-10H,11-12H2,1-5H3,(H,20,22);1H. The molecular formula is C18H26ClIN4O. The van der Waals surface area contributed by atoms with Crippen LogP contribution in [0.15, 0.2) is 39.9 Å². The predicted octanol–water partition coefficient (Wildman–Crippen LogP) is 4.45. The maximum Gasteiger partial charge on any atom is 0.213 e. The van der Waals surface area contributed by atoms with Crippen molar-refractivity contribution in [2.24, 2.45) is 4.99 Å². The molecule has 2 rings (SSSR count). The molecule has 0 aliphatic rings. The van der Waals surface area contributed by atoms with Gasteiger partial charge in [0.25, 0.3) is 0 Å². The number of benzene rings is 1. The summed E-state index contributed by atoms with van der Waals surface area (Å²) in [6, 6.07) is 7.81. The summed E-state index contributed by atoms with van der Waals surface area (Å²) in [5.41, 5.74) is 1.08. The van der Waals surface area contributed by atoms with Gasteiger partial charge >= 0.3 is 0 Å². The molecule has 5 nitrogen and oxygen atoms in total. The fraction of sp³-hybridized carbons (Fsp3) is 0.444. The molecule has 1 aromatic carbocycles. The predicted molar refractivity (Wildman–Crippen MR) is 114 cm³/mol. The van der Waals surface area contributed by atoms with E-state index in [0.29, 0.717) is 19.0 Å². The van der Waals surface area contributed by atoms with Gasteiger partial charge in [-0.05, 0) is 17.7 Å². The van der Waals surface area contributed by atoms with Crippen molar-refractivity contribution in [1.82, 2.24) is 15.2 Å². The molecule has 1 aromatic heterocycles. The van der Waals surface area contributed by atoms with Gasteiger partial charge in [-0.1, -0.05) is 44.5 Å². The number of hydrogen-bond donors (Lipinski definition) is 1. The summed E-state index contributed by atoms with van der Waals surface area (Å²) in [6.45, 7) is 7.50. The van der Waals surface area contributed by atoms with Crippen LogP contribution in [0.5, 0.6) is 0 Å². The van der Waals surface area contributed by atoms with Crippen LogP contribution in [-0.2, 0) is 18.5 Å². The summed E-state index contributed by atoms with van der Waals surface area (Å²) in [5.74, 6) is 2.30. The van der Waals surface area contributed by atoms with Crippen molar-refractivity contribution >= 4 is 41.5 Å². The van der Waals surface area contributed by atoms with Gasteiger partial charge in [0.15, 0.2) is 5.96 Å². The van der Waals surface area contributed by atoms with Gasteiger partial charge in [-0.15, -0.1) is 24.0 Å². The number of guanidine groups is 1. The van der Waals surface area contributed by atoms with Gasteiger partial charge in [0.2, 0.25) is 5.89 Å². The van der Waals surface area contributed by atoms with Crippen LogP contribution in [0, 0.1) is 0 Å². The van der Waals surface area contributed by atoms with Crippen LogP contribution < -0.4 is 5.32 Å². The van der Waals surface area contributed by atoms with Crippen molar-refractivity contribution < 1.29 is 4.42 Å². The Balaban J connectivity index is 0.00000312. The molecule has 2 aromatic rings. The molecule has 0 radical (unpaired) electrons. The zero-order chi connectivity index (χ0) is 17.7. The van der Waals surface area contributed by atoms with Crippen LogP contribution in [0.4, 0.5) is 0 Å². The van der Waals surface area contributed by atoms with Crippen molar-refractivity contribution in [3.05, 3.63) is 52.7 Å². The van der Waals surface area contributed by atoms with E-state index in [1.54, 1.807) is 13.2 Å². The Morgan fingerprint density at radius 1 is 1.36 bits per heavy atom. The van der Waals surface area contributed by atoms with E-state index in [4.69, 9.17) is 16.0 Å². The van der Waals surface area contributed by atoms with E-state index < -0.39 is 0 Å². The van der Waals surface area contributed by atoms with Crippen LogP contribution in [0.2, 0.25) is 5.02 Å². The summed E-state index contributed by atoms with van der Waals surface area (Å²) in [4.78, 5) is 10.7. The Kier molecular flexibility index (Phi) is 8.21. The first-order valence-corrected chi connectivity index (χ1v) is 8.29. The average molecular weight is 477 g/mol. The Labute approximate surface area is 171 Å². The Bertz CT molecular complexity index is 709. The Morgan fingerprint density at radius 2 is 2.08 bits per heavy atom. The van der Waals surface area contributed by atoms with E-state index in [1.165, 1.54) is 0 Å². The molecule has 0 saturated carbocycles. The van der Waals surface area contributed by atoms with Crippen molar-refractivity contribution in [3.8, 4) is 0 Å². The van der Waals surface area contributed by atoms with Gasteiger partial charge in [-0.2, -0.15) is 0 Å². The number of nitrogens with zero attached hydrogens (tertiary/aromatic N) is 3. The molecule has 0 spiro atoms. The molecule has 0 aliphatic carbocycles. The third-order valence-corrected chi connectivity index (χ3v) is 3.81. The molecule has 0 fully saturated rings. The minimum Gasteiger partial charge on any atom is -0.443 e. The lowest BCUT2D eigenvalue weighted by atomic mass is 9.94. The molecule has 0 atom stereocenters. The summed E-state index contributed by atoms with van der Waals surface area (Å²) in [5, 5.41) is 4.01. The van der Waals surface area contributed by atoms with Gasteiger partial charge in [-0.25, -0.2) is 4.98 Å². The van der Waals surface area contributed by atoms with Crippen molar-refractivity contribution in [3.63, 3.8) is 0 Å². The van der Waals surface area contributed by atoms with E-state index >= 15 is 0 Å². The number of aliphatic imine (C=N–C) groups is 1. The molecule has 138 valence electrons. The highest BCUT2D eigenvalue weighted by Gasteiger charge is 2.19. The van der Waals surface area contributed by atoms with Crippen molar-refractivity contribution in [2.45, 2.75) is 39.3 Å². The van der Waals surface area contributed by atoms with Crippen LogP contribution in [0.25, 0.3) is 0 Å². The van der Waals surface area contributed by atoms with Crippen molar-refractivity contribution in [1.29, 1.82) is 0 Å². The summed E-state index contributed by atoms with van der Waals surface area (Å²) in [6.07, 6.45) is 1.79. The zero-order valence-corrected chi connectivity index (χ0v) is 18.4. The SMILES string of the molecule is CN=C(NCc1ncc(C(C)(C)C)o1)N(C)Cc1cccc(Cl)c1.I. The minimum atomic E-state index is -0.0453. The molecule has 0 amide bonds. The second-order valence-corrected chi connectivity index (χ2v) is 7.19. The molecular weight excluding hydrogens is 451 g/mol. The van der Waals surface area contributed by atoms with E-state index in [2.05, 4.69) is 36.1 Å². The minimum absolute atomic E-state index is 0. The lowest BCUT2D eigenvalue weighted by Crippen LogP contribution is -2.38. The third kappa shape index (κ3) is 6.51. The number of halogens is 2. The lowest BCUT2D eigenvalue weighted by Gasteiger charge is -2.21. The first-order chi connectivity index (χ1) is 11.3. The smallest absolute Gasteiger partial charge is 0.213 e. The molecule has 25 heavy (non-hydrogen) atoms. The lowest BCUT2D eigenvalue weighted by molar-refractivity contribution is 0.376. The van der Waals surface area contributed by atoms with Gasteiger partial charge < -0.3 is 14.6 Å². The van der Waals surface area contributed by atoms with Gasteiger partial charge in [0.1, 0.15) is 5.76 Å². The van der Waals surface area contributed by atoms with Gasteiger partial charge in [-0.3, -0.25) is 4.99 Å². The monoisotopic (exact) mass is 476 g/mol. The number of rotatable bonds is 4. The molecule has 0 bridgehead atoms. The molecule has 0 aliphatic heterocycles. The molecule has 0 saturated heterocycles. The molecule has 7 heteroatoms. The quantitative estimate of drug-likeness (QED) is 0.402. The van der Waals surface area contributed by atoms with Gasteiger partial charge in [0, 0.05) is 31.1 Å². The second kappa shape index (κ2) is 9.43. The summed E-state index contributed by atoms with van der Waals surface area (Å²) in [7, 11) is 3.74.